The van der Waals surface area contributed by atoms with E-state index in [1.54, 1.807) is 11.8 Å². The van der Waals surface area contributed by atoms with E-state index >= 15 is 4.39 Å². The summed E-state index contributed by atoms with van der Waals surface area (Å²) in [6, 6.07) is -0.926. The molecule has 1 saturated heterocycles. The van der Waals surface area contributed by atoms with E-state index in [1.165, 1.54) is 11.7 Å². The van der Waals surface area contributed by atoms with Crippen molar-refractivity contribution in [3.05, 3.63) is 31.4 Å². The first-order valence-electron chi connectivity index (χ1n) is 10.7. The lowest BCUT2D eigenvalue weighted by atomic mass is 9.77. The van der Waals surface area contributed by atoms with E-state index in [1.807, 2.05) is 0 Å². The number of aliphatic hydroxyl groups excluding tert-OH is 1. The molecule has 1 aliphatic heterocycles. The van der Waals surface area contributed by atoms with Crippen LogP contribution < -0.4 is 21.8 Å². The van der Waals surface area contributed by atoms with Crippen molar-refractivity contribution >= 4 is 11.3 Å². The summed E-state index contributed by atoms with van der Waals surface area (Å²) in [7, 11) is 1.28. The number of hydrogen-bond donors (Lipinski definition) is 2. The molecule has 5 unspecified atom stereocenters. The predicted molar refractivity (Wildman–Crippen MR) is 106 cm³/mol. The lowest BCUT2D eigenvalue weighted by Crippen LogP contribution is -2.61. The van der Waals surface area contributed by atoms with Crippen molar-refractivity contribution in [1.29, 1.82) is 0 Å². The summed E-state index contributed by atoms with van der Waals surface area (Å²) < 4.78 is 50.7. The Hall–Kier alpha value is -2.07. The maximum absolute atomic E-state index is 15.8. The second kappa shape index (κ2) is 6.96. The molecular weight excluding hydrogens is 415 g/mol. The van der Waals surface area contributed by atoms with E-state index in [4.69, 9.17) is 4.74 Å². The minimum atomic E-state index is -3.15. The Labute approximate surface area is 175 Å². The normalized spacial score (nSPS) is 35.1. The molecule has 2 heterocycles. The largest absolute Gasteiger partial charge is 0.497 e. The molecule has 1 aromatic heterocycles. The van der Waals surface area contributed by atoms with Gasteiger partial charge in [0, 0.05) is 31.5 Å². The Morgan fingerprint density at radius 3 is 2.55 bits per heavy atom. The third-order valence-electron chi connectivity index (χ3n) is 7.47. The molecule has 1 aromatic rings. The van der Waals surface area contributed by atoms with Crippen LogP contribution in [-0.4, -0.2) is 64.0 Å². The third-order valence-corrected chi connectivity index (χ3v) is 7.47. The monoisotopic (exact) mass is 441 g/mol. The fourth-order valence-corrected chi connectivity index (χ4v) is 5.82. The lowest BCUT2D eigenvalue weighted by Gasteiger charge is -2.36. The second-order valence-electron chi connectivity index (χ2n) is 9.30. The molecule has 0 bridgehead atoms. The van der Waals surface area contributed by atoms with E-state index in [0.29, 0.717) is 17.5 Å². The zero-order valence-corrected chi connectivity index (χ0v) is 17.4. The number of alkyl halides is 3. The Balaban J connectivity index is 1.65. The summed E-state index contributed by atoms with van der Waals surface area (Å²) in [6.45, 7) is 2.17. The van der Waals surface area contributed by atoms with Gasteiger partial charge in [-0.3, -0.25) is 19.2 Å². The van der Waals surface area contributed by atoms with E-state index in [2.05, 4.69) is 4.98 Å². The van der Waals surface area contributed by atoms with Crippen LogP contribution in [0.1, 0.15) is 38.6 Å². The number of aromatic amines is 1. The van der Waals surface area contributed by atoms with Crippen LogP contribution in [0.4, 0.5) is 13.2 Å². The molecule has 3 fully saturated rings. The number of ether oxygens (including phenoxy) is 1. The summed E-state index contributed by atoms with van der Waals surface area (Å²) in [5.74, 6) is -4.11. The highest BCUT2D eigenvalue weighted by Gasteiger charge is 2.55. The number of nitrogens with one attached hydrogen (secondary N) is 1. The number of H-pyrrole nitrogens is 1. The van der Waals surface area contributed by atoms with E-state index in [9.17, 15) is 23.5 Å². The molecule has 3 aliphatic carbocycles. The van der Waals surface area contributed by atoms with Gasteiger partial charge in [-0.1, -0.05) is 0 Å². The van der Waals surface area contributed by atoms with Crippen LogP contribution in [0, 0.1) is 11.8 Å². The van der Waals surface area contributed by atoms with E-state index in [-0.39, 0.29) is 42.3 Å². The van der Waals surface area contributed by atoms with Gasteiger partial charge in [-0.25, -0.2) is 18.0 Å². The summed E-state index contributed by atoms with van der Waals surface area (Å²) in [4.78, 5) is 29.2. The van der Waals surface area contributed by atoms with Gasteiger partial charge in [0.1, 0.15) is 17.1 Å². The minimum Gasteiger partial charge on any atom is -0.497 e. The Bertz CT molecular complexity index is 1160. The second-order valence-corrected chi connectivity index (χ2v) is 9.30. The van der Waals surface area contributed by atoms with Gasteiger partial charge < -0.3 is 9.84 Å². The zero-order chi connectivity index (χ0) is 22.2. The molecule has 0 spiro atoms. The lowest BCUT2D eigenvalue weighted by molar-refractivity contribution is -0.161. The van der Waals surface area contributed by atoms with Crippen molar-refractivity contribution in [2.75, 3.05) is 20.2 Å². The average molecular weight is 441 g/mol. The van der Waals surface area contributed by atoms with Crippen LogP contribution in [0.3, 0.4) is 0 Å². The Morgan fingerprint density at radius 1 is 1.19 bits per heavy atom. The van der Waals surface area contributed by atoms with Crippen molar-refractivity contribution in [3.8, 4) is 0 Å². The first kappa shape index (κ1) is 20.8. The molecular formula is C21H26F3N3O4. The molecule has 7 nitrogen and oxygen atoms in total. The molecule has 4 aliphatic rings. The van der Waals surface area contributed by atoms with Crippen LogP contribution in [0.15, 0.2) is 9.59 Å². The van der Waals surface area contributed by atoms with Gasteiger partial charge in [-0.15, -0.1) is 0 Å². The van der Waals surface area contributed by atoms with Gasteiger partial charge >= 0.3 is 5.69 Å². The number of halogens is 3. The standard InChI is InChI=1S/C21H26F3N3O4/c1-9-15-13(19(29)25-20(30)27(15)11-3-4-11)17(31-2)14(22)16(9)26-7-10-5-6-21(23,24)18(28)12(10)8-26/h10-12,14,16,18,28H,3-8H2,1-2H3,(H,25,29,30). The van der Waals surface area contributed by atoms with Crippen molar-refractivity contribution in [2.24, 2.45) is 11.8 Å². The highest BCUT2D eigenvalue weighted by atomic mass is 19.3. The maximum Gasteiger partial charge on any atom is 0.329 e. The number of nitrogens with zero attached hydrogens (tertiary/aromatic N) is 2. The number of hydrogen-bond acceptors (Lipinski definition) is 5. The minimum absolute atomic E-state index is 0.0263. The van der Waals surface area contributed by atoms with Crippen LogP contribution in [0.2, 0.25) is 0 Å². The van der Waals surface area contributed by atoms with Gasteiger partial charge in [-0.2, -0.15) is 0 Å². The highest BCUT2D eigenvalue weighted by Crippen LogP contribution is 2.45. The van der Waals surface area contributed by atoms with E-state index in [0.717, 1.165) is 12.8 Å². The smallest absolute Gasteiger partial charge is 0.329 e. The SMILES string of the molecule is COC1=c2c(=O)[nH]c(=O)n(C3CC3)c2=C(C)C(N2CC3CCC(F)(F)C(O)C3C2)C1F. The Kier molecular flexibility index (Phi) is 4.68. The molecule has 170 valence electrons. The first-order valence-corrected chi connectivity index (χ1v) is 10.7. The summed E-state index contributed by atoms with van der Waals surface area (Å²) in [6.07, 6.45) is -2.01. The predicted octanol–water partition coefficient (Wildman–Crippen LogP) is -0.145. The maximum atomic E-state index is 15.8. The number of aromatic nitrogens is 2. The molecule has 10 heteroatoms. The van der Waals surface area contributed by atoms with Crippen LogP contribution in [0.25, 0.3) is 11.3 Å². The summed E-state index contributed by atoms with van der Waals surface area (Å²) >= 11 is 0. The summed E-state index contributed by atoms with van der Waals surface area (Å²) in [5, 5.41) is 10.6. The van der Waals surface area contributed by atoms with Crippen LogP contribution in [-0.2, 0) is 4.74 Å². The summed E-state index contributed by atoms with van der Waals surface area (Å²) in [5.41, 5.74) is -0.722. The van der Waals surface area contributed by atoms with Gasteiger partial charge in [0.2, 0.25) is 0 Å². The molecule has 2 N–H and O–H groups in total. The first-order chi connectivity index (χ1) is 14.7. The molecule has 0 amide bonds. The van der Waals surface area contributed by atoms with Crippen LogP contribution in [0.5, 0.6) is 0 Å². The van der Waals surface area contributed by atoms with Crippen molar-refractivity contribution < 1.29 is 23.0 Å². The Morgan fingerprint density at radius 2 is 1.90 bits per heavy atom. The molecule has 5 atom stereocenters. The van der Waals surface area contributed by atoms with Gasteiger partial charge in [0.15, 0.2) is 6.17 Å². The molecule has 5 rings (SSSR count). The fraction of sp³-hybridized carbons (Fsp3) is 0.714. The highest BCUT2D eigenvalue weighted by molar-refractivity contribution is 5.61. The van der Waals surface area contributed by atoms with Crippen molar-refractivity contribution in [3.63, 3.8) is 0 Å². The number of methoxy groups -OCH3 is 1. The molecule has 2 saturated carbocycles. The topological polar surface area (TPSA) is 87.6 Å². The van der Waals surface area contributed by atoms with E-state index < -0.39 is 41.4 Å². The average Bonchev–Trinajstić information content (AvgIpc) is 3.45. The van der Waals surface area contributed by atoms with Crippen LogP contribution >= 0.6 is 0 Å². The molecule has 0 radical (unpaired) electrons. The van der Waals surface area contributed by atoms with Gasteiger partial charge in [0.25, 0.3) is 11.5 Å². The van der Waals surface area contributed by atoms with Crippen molar-refractivity contribution in [1.82, 2.24) is 14.5 Å². The third kappa shape index (κ3) is 3.01. The van der Waals surface area contributed by atoms with Gasteiger partial charge in [-0.05, 0) is 37.7 Å². The van der Waals surface area contributed by atoms with Crippen molar-refractivity contribution in [2.45, 2.75) is 62.9 Å². The molecule has 31 heavy (non-hydrogen) atoms. The fourth-order valence-electron chi connectivity index (χ4n) is 5.82. The number of likely N-dealkylation sites (tertiary alicyclic amines) is 1. The number of fused-ring (bicyclic) bond motifs is 2. The quantitative estimate of drug-likeness (QED) is 0.682. The zero-order valence-electron chi connectivity index (χ0n) is 17.4. The number of aliphatic hydroxyl groups is 1. The van der Waals surface area contributed by atoms with Gasteiger partial charge in [0.05, 0.1) is 18.5 Å². The number of rotatable bonds is 3. The molecule has 0 aromatic carbocycles.